The Kier molecular flexibility index (Phi) is 1.71. The summed E-state index contributed by atoms with van der Waals surface area (Å²) in [4.78, 5) is 14.1. The minimum atomic E-state index is 0.414. The Balaban J connectivity index is 1.72. The molecule has 0 spiro atoms. The maximum atomic E-state index is 11.9. The van der Waals surface area contributed by atoms with E-state index in [4.69, 9.17) is 0 Å². The van der Waals surface area contributed by atoms with E-state index >= 15 is 0 Å². The molecule has 1 saturated heterocycles. The molecule has 2 atom stereocenters. The third-order valence-corrected chi connectivity index (χ3v) is 4.52. The van der Waals surface area contributed by atoms with Gasteiger partial charge in [0, 0.05) is 19.0 Å². The van der Waals surface area contributed by atoms with Crippen molar-refractivity contribution in [1.29, 1.82) is 0 Å². The van der Waals surface area contributed by atoms with E-state index in [9.17, 15) is 4.79 Å². The average Bonchev–Trinajstić information content (AvgIpc) is 2.84. The van der Waals surface area contributed by atoms with E-state index in [1.165, 1.54) is 19.3 Å². The van der Waals surface area contributed by atoms with Crippen LogP contribution < -0.4 is 0 Å². The lowest BCUT2D eigenvalue weighted by atomic mass is 9.83. The van der Waals surface area contributed by atoms with Gasteiger partial charge in [-0.1, -0.05) is 13.3 Å². The molecular formula is C12H19NO. The summed E-state index contributed by atoms with van der Waals surface area (Å²) in [5.74, 6) is 1.68. The number of amides is 1. The first-order valence-electron chi connectivity index (χ1n) is 5.98. The second-order valence-electron chi connectivity index (χ2n) is 5.74. The maximum absolute atomic E-state index is 11.9. The first kappa shape index (κ1) is 8.75. The fraction of sp³-hybridized carbons (Fsp3) is 0.917. The lowest BCUT2D eigenvalue weighted by Gasteiger charge is -2.22. The summed E-state index contributed by atoms with van der Waals surface area (Å²) in [5, 5.41) is 0. The van der Waals surface area contributed by atoms with Crippen LogP contribution in [0.15, 0.2) is 0 Å². The van der Waals surface area contributed by atoms with Crippen molar-refractivity contribution in [3.8, 4) is 0 Å². The monoisotopic (exact) mass is 193 g/mol. The van der Waals surface area contributed by atoms with E-state index in [1.54, 1.807) is 0 Å². The van der Waals surface area contributed by atoms with Gasteiger partial charge in [0.15, 0.2) is 0 Å². The lowest BCUT2D eigenvalue weighted by molar-refractivity contribution is -0.132. The van der Waals surface area contributed by atoms with Gasteiger partial charge in [-0.15, -0.1) is 0 Å². The molecule has 1 heterocycles. The molecule has 2 aliphatic carbocycles. The van der Waals surface area contributed by atoms with E-state index in [2.05, 4.69) is 11.8 Å². The highest BCUT2D eigenvalue weighted by molar-refractivity contribution is 5.81. The van der Waals surface area contributed by atoms with Crippen molar-refractivity contribution >= 4 is 5.91 Å². The van der Waals surface area contributed by atoms with E-state index in [-0.39, 0.29) is 0 Å². The van der Waals surface area contributed by atoms with Crippen molar-refractivity contribution in [2.75, 3.05) is 13.1 Å². The zero-order valence-corrected chi connectivity index (χ0v) is 8.96. The van der Waals surface area contributed by atoms with Gasteiger partial charge in [-0.3, -0.25) is 4.79 Å². The predicted molar refractivity (Wildman–Crippen MR) is 54.8 cm³/mol. The summed E-state index contributed by atoms with van der Waals surface area (Å²) in [6.07, 6.45) is 6.37. The molecule has 3 fully saturated rings. The average molecular weight is 193 g/mol. The van der Waals surface area contributed by atoms with E-state index < -0.39 is 0 Å². The van der Waals surface area contributed by atoms with Crippen molar-refractivity contribution in [2.45, 2.75) is 39.0 Å². The number of rotatable bonds is 1. The van der Waals surface area contributed by atoms with Gasteiger partial charge in [-0.25, -0.2) is 0 Å². The number of carbonyl (C=O) groups is 1. The fourth-order valence-corrected chi connectivity index (χ4v) is 3.35. The summed E-state index contributed by atoms with van der Waals surface area (Å²) in [6, 6.07) is 0. The van der Waals surface area contributed by atoms with Crippen LogP contribution in [0.25, 0.3) is 0 Å². The maximum Gasteiger partial charge on any atom is 0.225 e. The van der Waals surface area contributed by atoms with Gasteiger partial charge in [0.1, 0.15) is 0 Å². The summed E-state index contributed by atoms with van der Waals surface area (Å²) in [7, 11) is 0. The zero-order chi connectivity index (χ0) is 9.76. The molecule has 2 nitrogen and oxygen atoms in total. The number of hydrogen-bond acceptors (Lipinski definition) is 1. The van der Waals surface area contributed by atoms with Gasteiger partial charge in [0.25, 0.3) is 0 Å². The molecule has 0 unspecified atom stereocenters. The van der Waals surface area contributed by atoms with Crippen LogP contribution in [-0.4, -0.2) is 23.9 Å². The van der Waals surface area contributed by atoms with Gasteiger partial charge in [-0.2, -0.15) is 0 Å². The molecule has 0 radical (unpaired) electrons. The summed E-state index contributed by atoms with van der Waals surface area (Å²) in [6.45, 7) is 4.49. The minimum Gasteiger partial charge on any atom is -0.342 e. The third kappa shape index (κ3) is 1.19. The Morgan fingerprint density at radius 1 is 1.36 bits per heavy atom. The molecule has 2 saturated carbocycles. The molecule has 14 heavy (non-hydrogen) atoms. The minimum absolute atomic E-state index is 0.414. The highest BCUT2D eigenvalue weighted by atomic mass is 16.2. The van der Waals surface area contributed by atoms with Crippen LogP contribution in [0.2, 0.25) is 0 Å². The largest absolute Gasteiger partial charge is 0.342 e. The number of likely N-dealkylation sites (tertiary alicyclic amines) is 1. The summed E-state index contributed by atoms with van der Waals surface area (Å²) < 4.78 is 0. The summed E-state index contributed by atoms with van der Waals surface area (Å²) in [5.41, 5.74) is 0.477. The molecule has 0 bridgehead atoms. The molecule has 3 aliphatic rings. The third-order valence-electron chi connectivity index (χ3n) is 4.52. The molecule has 78 valence electrons. The quantitative estimate of drug-likeness (QED) is 0.624. The smallest absolute Gasteiger partial charge is 0.225 e. The molecule has 0 aromatic rings. The Morgan fingerprint density at radius 2 is 2.14 bits per heavy atom. The van der Waals surface area contributed by atoms with Crippen molar-refractivity contribution in [3.05, 3.63) is 0 Å². The second-order valence-corrected chi connectivity index (χ2v) is 5.74. The van der Waals surface area contributed by atoms with Gasteiger partial charge >= 0.3 is 0 Å². The molecule has 1 aliphatic heterocycles. The first-order chi connectivity index (χ1) is 6.69. The number of hydrogen-bond donors (Lipinski definition) is 0. The molecule has 3 rings (SSSR count). The molecule has 0 N–H and O–H groups in total. The van der Waals surface area contributed by atoms with Crippen LogP contribution in [0.4, 0.5) is 0 Å². The predicted octanol–water partition coefficient (Wildman–Crippen LogP) is 2.04. The molecule has 0 aromatic carbocycles. The highest BCUT2D eigenvalue weighted by Gasteiger charge is 2.48. The topological polar surface area (TPSA) is 20.3 Å². The molecule has 1 amide bonds. The number of fused-ring (bicyclic) bond motifs is 1. The van der Waals surface area contributed by atoms with Gasteiger partial charge in [0.2, 0.25) is 5.91 Å². The fourth-order valence-electron chi connectivity index (χ4n) is 3.35. The van der Waals surface area contributed by atoms with Crippen LogP contribution in [-0.2, 0) is 4.79 Å². The Morgan fingerprint density at radius 3 is 2.79 bits per heavy atom. The Labute approximate surface area is 85.7 Å². The Hall–Kier alpha value is -0.530. The van der Waals surface area contributed by atoms with E-state index in [0.717, 1.165) is 31.8 Å². The molecular weight excluding hydrogens is 174 g/mol. The van der Waals surface area contributed by atoms with Crippen LogP contribution in [0.3, 0.4) is 0 Å². The van der Waals surface area contributed by atoms with Crippen LogP contribution in [0, 0.1) is 17.3 Å². The molecule has 2 heteroatoms. The Bertz CT molecular complexity index is 271. The molecule has 0 aromatic heterocycles. The lowest BCUT2D eigenvalue weighted by Crippen LogP contribution is -2.32. The van der Waals surface area contributed by atoms with Crippen molar-refractivity contribution in [2.24, 2.45) is 17.3 Å². The standard InChI is InChI=1S/C12H19NO/c1-12-6-2-3-10(12)7-13(8-12)11(14)9-4-5-9/h9-10H,2-8H2,1H3/t10-,12+/m0/s1. The van der Waals surface area contributed by atoms with Crippen molar-refractivity contribution in [1.82, 2.24) is 4.90 Å². The number of carbonyl (C=O) groups excluding carboxylic acids is 1. The van der Waals surface area contributed by atoms with Gasteiger partial charge in [-0.05, 0) is 37.0 Å². The second kappa shape index (κ2) is 2.74. The van der Waals surface area contributed by atoms with Crippen molar-refractivity contribution < 1.29 is 4.79 Å². The highest BCUT2D eigenvalue weighted by Crippen LogP contribution is 2.49. The zero-order valence-electron chi connectivity index (χ0n) is 8.96. The SMILES string of the molecule is C[C@]12CCC[C@H]1CN(C(=O)C1CC1)C2. The van der Waals surface area contributed by atoms with E-state index in [0.29, 0.717) is 17.2 Å². The van der Waals surface area contributed by atoms with Crippen molar-refractivity contribution in [3.63, 3.8) is 0 Å². The number of nitrogens with zero attached hydrogens (tertiary/aromatic N) is 1. The normalized spacial score (nSPS) is 41.5. The van der Waals surface area contributed by atoms with Crippen LogP contribution >= 0.6 is 0 Å². The summed E-state index contributed by atoms with van der Waals surface area (Å²) >= 11 is 0. The van der Waals surface area contributed by atoms with E-state index in [1.807, 2.05) is 0 Å². The first-order valence-corrected chi connectivity index (χ1v) is 5.98. The van der Waals surface area contributed by atoms with Gasteiger partial charge in [0.05, 0.1) is 0 Å². The van der Waals surface area contributed by atoms with Crippen LogP contribution in [0.5, 0.6) is 0 Å². The van der Waals surface area contributed by atoms with Gasteiger partial charge < -0.3 is 4.90 Å². The van der Waals surface area contributed by atoms with Crippen LogP contribution in [0.1, 0.15) is 39.0 Å².